The number of allylic oxidation sites excluding steroid dienone is 8. The first kappa shape index (κ1) is 20.6. The number of carbonyl (C=O) groups excluding carboxylic acids is 1. The molecule has 0 aromatic rings. The number of aldehydes is 1. The quantitative estimate of drug-likeness (QED) is 0.420. The Balaban J connectivity index is 0.000000334. The first-order valence-corrected chi connectivity index (χ1v) is 11.0. The largest absolute Gasteiger partial charge is 0.343 e. The van der Waals surface area contributed by atoms with Gasteiger partial charge in [-0.05, 0) is 57.7 Å². The summed E-state index contributed by atoms with van der Waals surface area (Å²) in [5.41, 5.74) is 6.80. The minimum atomic E-state index is 0.500. The summed E-state index contributed by atoms with van der Waals surface area (Å²) < 4.78 is 2.09. The van der Waals surface area contributed by atoms with Crippen molar-refractivity contribution in [1.82, 2.24) is 0 Å². The monoisotopic (exact) mass is 412 g/mol. The molecule has 0 radical (unpaired) electrons. The Kier molecular flexibility index (Phi) is 9.10. The fourth-order valence-electron chi connectivity index (χ4n) is 4.30. The molecule has 2 heteroatoms. The summed E-state index contributed by atoms with van der Waals surface area (Å²) in [5.74, 6) is 1.28. The molecule has 132 valence electrons. The molecule has 0 bridgehead atoms. The van der Waals surface area contributed by atoms with Crippen LogP contribution in [0.15, 0.2) is 46.6 Å². The van der Waals surface area contributed by atoms with Crippen LogP contribution in [0.4, 0.5) is 0 Å². The van der Waals surface area contributed by atoms with Gasteiger partial charge in [0.1, 0.15) is 0 Å². The van der Waals surface area contributed by atoms with Crippen molar-refractivity contribution in [3.8, 4) is 0 Å². The molecule has 0 aromatic heterocycles. The van der Waals surface area contributed by atoms with Gasteiger partial charge in [0.15, 0.2) is 0 Å². The van der Waals surface area contributed by atoms with Gasteiger partial charge in [-0.1, -0.05) is 34.4 Å². The van der Waals surface area contributed by atoms with Crippen LogP contribution >= 0.6 is 0 Å². The van der Waals surface area contributed by atoms with Crippen LogP contribution < -0.4 is 0 Å². The van der Waals surface area contributed by atoms with Gasteiger partial charge in [0.2, 0.25) is 0 Å². The summed E-state index contributed by atoms with van der Waals surface area (Å²) in [6.45, 7) is 4.85. The third-order valence-electron chi connectivity index (χ3n) is 5.34. The Labute approximate surface area is 168 Å². The fraction of sp³-hybridized carbons (Fsp3) is 0.478. The predicted octanol–water partition coefficient (Wildman–Crippen LogP) is 5.68. The minimum absolute atomic E-state index is 0.500. The molecule has 0 spiro atoms. The number of hydrogen-bond donors (Lipinski definition) is 0. The molecule has 0 saturated carbocycles. The Morgan fingerprint density at radius 1 is 0.960 bits per heavy atom. The van der Waals surface area contributed by atoms with E-state index in [-0.39, 0.29) is 0 Å². The van der Waals surface area contributed by atoms with E-state index in [0.717, 1.165) is 0 Å². The third-order valence-corrected chi connectivity index (χ3v) is 5.34. The van der Waals surface area contributed by atoms with E-state index in [1.165, 1.54) is 75.6 Å². The number of hydrogen-bond acceptors (Lipinski definition) is 1. The molecule has 0 heterocycles. The first-order chi connectivity index (χ1) is 12.2. The van der Waals surface area contributed by atoms with Gasteiger partial charge in [-0.2, -0.15) is 0 Å². The maximum Gasteiger partial charge on any atom is -0.0180 e. The van der Waals surface area contributed by atoms with Crippen LogP contribution in [0.3, 0.4) is 0 Å². The molecule has 2 unspecified atom stereocenters. The van der Waals surface area contributed by atoms with Crippen molar-refractivity contribution in [2.24, 2.45) is 11.8 Å². The number of carbonyl (C=O) groups is 1. The Bertz CT molecular complexity index is 539. The smallest absolute Gasteiger partial charge is 0.0180 e. The van der Waals surface area contributed by atoms with Gasteiger partial charge in [0.05, 0.1) is 0 Å². The molecule has 25 heavy (non-hydrogen) atoms. The molecule has 4 aliphatic rings. The first-order valence-electron chi connectivity index (χ1n) is 9.58. The second-order valence-corrected chi connectivity index (χ2v) is 8.35. The molecule has 1 nitrogen and oxygen atoms in total. The average molecular weight is 414 g/mol. The second kappa shape index (κ2) is 11.1. The van der Waals surface area contributed by atoms with Gasteiger partial charge >= 0.3 is 34.9 Å². The van der Waals surface area contributed by atoms with Gasteiger partial charge in [0.25, 0.3) is 0 Å². The average Bonchev–Trinajstić information content (AvgIpc) is 3.22. The molecule has 0 aliphatic heterocycles. The van der Waals surface area contributed by atoms with Crippen molar-refractivity contribution in [3.63, 3.8) is 0 Å². The van der Waals surface area contributed by atoms with E-state index in [4.69, 9.17) is 4.79 Å². The summed E-state index contributed by atoms with van der Waals surface area (Å²) in [6, 6.07) is 0. The second-order valence-electron chi connectivity index (χ2n) is 6.93. The van der Waals surface area contributed by atoms with Gasteiger partial charge in [0, 0.05) is 0 Å². The van der Waals surface area contributed by atoms with Gasteiger partial charge in [-0.25, -0.2) is 0 Å². The standard InChI is InChI=1S/C19H23.C2H3O.C2H4.Zr/c1-3-7-18-14(5-1)9-11-16(18)13-17-12-10-15-6-2-4-8-19(15)17;1-2-3;1-2;/h9-13,16-17H,1-8H2;2H,1H2;1H,2H3;/q2*-1;;+2. The molecular formula is C23H30OZr. The molecule has 0 aromatic carbocycles. The van der Waals surface area contributed by atoms with Crippen LogP contribution in [0.1, 0.15) is 58.3 Å². The van der Waals surface area contributed by atoms with Crippen LogP contribution in [-0.4, -0.2) is 10.00 Å². The van der Waals surface area contributed by atoms with Crippen LogP contribution in [0, 0.1) is 25.2 Å². The van der Waals surface area contributed by atoms with E-state index < -0.39 is 0 Å². The summed E-state index contributed by atoms with van der Waals surface area (Å²) in [7, 11) is 0. The maximum atomic E-state index is 8.69. The zero-order valence-electron chi connectivity index (χ0n) is 15.5. The number of rotatable bonds is 2. The summed E-state index contributed by atoms with van der Waals surface area (Å²) in [6.07, 6.45) is 23.8. The SMILES string of the molecule is C1=CC([CH-]C2C=CC3=C2CCCC3)C2=C1CCCC2.C[CH]=[Zr+2].[CH2-]C=O. The molecule has 0 saturated heterocycles. The van der Waals surface area contributed by atoms with E-state index >= 15 is 0 Å². The third kappa shape index (κ3) is 5.61. The van der Waals surface area contributed by atoms with Gasteiger partial charge in [-0.3, -0.25) is 0 Å². The van der Waals surface area contributed by atoms with E-state index in [9.17, 15) is 0 Å². The van der Waals surface area contributed by atoms with Crippen LogP contribution in [0.5, 0.6) is 0 Å². The van der Waals surface area contributed by atoms with Crippen LogP contribution in [-0.2, 0) is 29.0 Å². The minimum Gasteiger partial charge on any atom is -0.343 e. The summed E-state index contributed by atoms with van der Waals surface area (Å²) in [4.78, 5) is 8.69. The van der Waals surface area contributed by atoms with E-state index in [1.807, 2.05) is 6.92 Å². The Hall–Kier alpha value is -0.747. The van der Waals surface area contributed by atoms with Crippen LogP contribution in [0.2, 0.25) is 0 Å². The molecule has 0 fully saturated rings. The Morgan fingerprint density at radius 2 is 1.32 bits per heavy atom. The molecule has 0 amide bonds. The van der Waals surface area contributed by atoms with Crippen LogP contribution in [0.25, 0.3) is 0 Å². The zero-order valence-corrected chi connectivity index (χ0v) is 17.9. The topological polar surface area (TPSA) is 17.1 Å². The van der Waals surface area contributed by atoms with E-state index in [1.54, 1.807) is 22.3 Å². The molecular weight excluding hydrogens is 383 g/mol. The normalized spacial score (nSPS) is 26.2. The zero-order chi connectivity index (χ0) is 18.1. The molecule has 2 atom stereocenters. The molecule has 4 aliphatic carbocycles. The predicted molar refractivity (Wildman–Crippen MR) is 104 cm³/mol. The summed E-state index contributed by atoms with van der Waals surface area (Å²) >= 11 is 1.51. The van der Waals surface area contributed by atoms with E-state index in [0.29, 0.717) is 18.1 Å². The van der Waals surface area contributed by atoms with Gasteiger partial charge < -0.3 is 18.1 Å². The maximum absolute atomic E-state index is 8.69. The summed E-state index contributed by atoms with van der Waals surface area (Å²) in [5, 5.41) is 0. The molecule has 0 N–H and O–H groups in total. The van der Waals surface area contributed by atoms with Gasteiger partial charge in [-0.15, -0.1) is 24.0 Å². The fourth-order valence-corrected chi connectivity index (χ4v) is 4.30. The van der Waals surface area contributed by atoms with Crippen molar-refractivity contribution in [2.75, 3.05) is 0 Å². The van der Waals surface area contributed by atoms with E-state index in [2.05, 4.69) is 41.4 Å². The Morgan fingerprint density at radius 3 is 1.72 bits per heavy atom. The van der Waals surface area contributed by atoms with Crippen molar-refractivity contribution in [3.05, 3.63) is 59.9 Å². The van der Waals surface area contributed by atoms with Crippen molar-refractivity contribution in [2.45, 2.75) is 58.3 Å². The molecule has 4 rings (SSSR count). The van der Waals surface area contributed by atoms with Crippen molar-refractivity contribution >= 4 is 10.00 Å². The van der Waals surface area contributed by atoms with Crippen molar-refractivity contribution in [1.29, 1.82) is 0 Å². The van der Waals surface area contributed by atoms with Crippen molar-refractivity contribution < 1.29 is 29.0 Å².